The molecule has 0 aliphatic carbocycles. The van der Waals surface area contributed by atoms with Crippen molar-refractivity contribution in [3.8, 4) is 0 Å². The van der Waals surface area contributed by atoms with E-state index in [0.29, 0.717) is 11.4 Å². The van der Waals surface area contributed by atoms with Crippen LogP contribution in [0.5, 0.6) is 0 Å². The molecule has 0 radical (unpaired) electrons. The maximum atomic E-state index is 13.0. The number of nitrogens with one attached hydrogen (secondary N) is 2. The molecule has 0 amide bonds. The van der Waals surface area contributed by atoms with Gasteiger partial charge in [-0.15, -0.1) is 0 Å². The molecule has 0 aliphatic heterocycles. The molecule has 2 aromatic heterocycles. The number of sulfonamides is 1. The minimum absolute atomic E-state index is 0.0647. The number of hydrogen-bond acceptors (Lipinski definition) is 5. The van der Waals surface area contributed by atoms with Gasteiger partial charge in [0.15, 0.2) is 0 Å². The molecule has 0 bridgehead atoms. The normalized spacial score (nSPS) is 13.0. The lowest BCUT2D eigenvalue weighted by Gasteiger charge is -2.21. The lowest BCUT2D eigenvalue weighted by molar-refractivity contribution is -0.137. The third-order valence-corrected chi connectivity index (χ3v) is 5.66. The van der Waals surface area contributed by atoms with Crippen LogP contribution in [0.2, 0.25) is 0 Å². The van der Waals surface area contributed by atoms with Gasteiger partial charge in [0.05, 0.1) is 22.5 Å². The van der Waals surface area contributed by atoms with E-state index in [0.717, 1.165) is 6.07 Å². The molecule has 2 heterocycles. The van der Waals surface area contributed by atoms with E-state index in [2.05, 4.69) is 20.1 Å². The van der Waals surface area contributed by atoms with Crippen LogP contribution in [-0.4, -0.2) is 36.3 Å². The van der Waals surface area contributed by atoms with Gasteiger partial charge in [0.25, 0.3) is 0 Å². The first kappa shape index (κ1) is 22.2. The highest BCUT2D eigenvalue weighted by Crippen LogP contribution is 2.33. The molecule has 0 saturated heterocycles. The molecule has 2 N–H and O–H groups in total. The second-order valence-electron chi connectivity index (χ2n) is 7.30. The van der Waals surface area contributed by atoms with E-state index in [1.807, 2.05) is 20.8 Å². The maximum absolute atomic E-state index is 13.0. The zero-order valence-electron chi connectivity index (χ0n) is 16.3. The van der Waals surface area contributed by atoms with Crippen molar-refractivity contribution < 1.29 is 21.6 Å². The number of hydrogen-bond donors (Lipinski definition) is 2. The second kappa shape index (κ2) is 7.70. The number of anilines is 1. The van der Waals surface area contributed by atoms with Gasteiger partial charge in [0, 0.05) is 19.3 Å². The van der Waals surface area contributed by atoms with Gasteiger partial charge in [0.2, 0.25) is 10.0 Å². The first-order valence-electron chi connectivity index (χ1n) is 8.57. The maximum Gasteiger partial charge on any atom is 0.419 e. The first-order valence-corrected chi connectivity index (χ1v) is 10.1. The van der Waals surface area contributed by atoms with E-state index >= 15 is 0 Å². The second-order valence-corrected chi connectivity index (χ2v) is 9.01. The van der Waals surface area contributed by atoms with Crippen molar-refractivity contribution in [2.75, 3.05) is 18.4 Å². The van der Waals surface area contributed by atoms with E-state index in [4.69, 9.17) is 0 Å². The summed E-state index contributed by atoms with van der Waals surface area (Å²) in [6.45, 7) is 8.82. The summed E-state index contributed by atoms with van der Waals surface area (Å²) in [5, 5.41) is 6.83. The van der Waals surface area contributed by atoms with Crippen LogP contribution in [-0.2, 0) is 21.7 Å². The number of rotatable bonds is 6. The summed E-state index contributed by atoms with van der Waals surface area (Å²) in [7, 11) is -3.87. The Bertz CT molecular complexity index is 947. The van der Waals surface area contributed by atoms with Gasteiger partial charge < -0.3 is 5.32 Å². The molecule has 0 aliphatic rings. The predicted molar refractivity (Wildman–Crippen MR) is 99.6 cm³/mol. The standard InChI is InChI=1S/C17H24F3N5O2S/c1-11-14(12(2)25(24-11)16(3,4)5)28(26,27)23-10-9-22-15-13(17(18,19)20)7-6-8-21-15/h6-8,23H,9-10H2,1-5H3,(H,21,22). The van der Waals surface area contributed by atoms with E-state index in [1.165, 1.54) is 12.3 Å². The Morgan fingerprint density at radius 1 is 1.14 bits per heavy atom. The van der Waals surface area contributed by atoms with E-state index < -0.39 is 27.3 Å². The quantitative estimate of drug-likeness (QED) is 0.703. The molecule has 7 nitrogen and oxygen atoms in total. The Balaban J connectivity index is 2.10. The van der Waals surface area contributed by atoms with E-state index in [9.17, 15) is 21.6 Å². The number of aromatic nitrogens is 3. The fourth-order valence-electron chi connectivity index (χ4n) is 2.88. The summed E-state index contributed by atoms with van der Waals surface area (Å²) in [5.74, 6) is -0.345. The highest BCUT2D eigenvalue weighted by molar-refractivity contribution is 7.89. The van der Waals surface area contributed by atoms with Crippen LogP contribution < -0.4 is 10.0 Å². The van der Waals surface area contributed by atoms with Crippen molar-refractivity contribution in [1.29, 1.82) is 0 Å². The minimum Gasteiger partial charge on any atom is -0.368 e. The molecule has 2 aromatic rings. The molecule has 0 unspecified atom stereocenters. The molecule has 0 saturated carbocycles. The molecular formula is C17H24F3N5O2S. The van der Waals surface area contributed by atoms with Gasteiger partial charge >= 0.3 is 6.18 Å². The Kier molecular flexibility index (Phi) is 6.10. The van der Waals surface area contributed by atoms with Crippen molar-refractivity contribution in [2.24, 2.45) is 0 Å². The van der Waals surface area contributed by atoms with Crippen molar-refractivity contribution in [1.82, 2.24) is 19.5 Å². The van der Waals surface area contributed by atoms with Gasteiger partial charge in [-0.25, -0.2) is 18.1 Å². The number of pyridine rings is 1. The first-order chi connectivity index (χ1) is 12.7. The van der Waals surface area contributed by atoms with Crippen LogP contribution in [0.25, 0.3) is 0 Å². The average molecular weight is 419 g/mol. The van der Waals surface area contributed by atoms with E-state index in [1.54, 1.807) is 18.5 Å². The largest absolute Gasteiger partial charge is 0.419 e. The number of halogens is 3. The topological polar surface area (TPSA) is 88.9 Å². The predicted octanol–water partition coefficient (Wildman–Crippen LogP) is 3.06. The smallest absolute Gasteiger partial charge is 0.368 e. The van der Waals surface area contributed by atoms with E-state index in [-0.39, 0.29) is 23.8 Å². The van der Waals surface area contributed by atoms with Crippen LogP contribution in [0.3, 0.4) is 0 Å². The van der Waals surface area contributed by atoms with Crippen LogP contribution in [0, 0.1) is 13.8 Å². The Morgan fingerprint density at radius 3 is 2.32 bits per heavy atom. The van der Waals surface area contributed by atoms with Crippen LogP contribution >= 0.6 is 0 Å². The molecule has 0 fully saturated rings. The summed E-state index contributed by atoms with van der Waals surface area (Å²) in [5.41, 5.74) is -0.445. The number of alkyl halides is 3. The third kappa shape index (κ3) is 4.82. The Morgan fingerprint density at radius 2 is 1.79 bits per heavy atom. The number of aryl methyl sites for hydroxylation is 1. The highest BCUT2D eigenvalue weighted by atomic mass is 32.2. The molecular weight excluding hydrogens is 395 g/mol. The molecule has 0 atom stereocenters. The summed E-state index contributed by atoms with van der Waals surface area (Å²) >= 11 is 0. The lowest BCUT2D eigenvalue weighted by Crippen LogP contribution is -2.30. The Labute approximate surface area is 162 Å². The van der Waals surface area contributed by atoms with Crippen LogP contribution in [0.1, 0.15) is 37.7 Å². The molecule has 156 valence electrons. The molecule has 0 spiro atoms. The van der Waals surface area contributed by atoms with Gasteiger partial charge in [-0.2, -0.15) is 18.3 Å². The molecule has 2 rings (SSSR count). The van der Waals surface area contributed by atoms with Crippen LogP contribution in [0.4, 0.5) is 19.0 Å². The lowest BCUT2D eigenvalue weighted by atomic mass is 10.1. The molecule has 11 heteroatoms. The van der Waals surface area contributed by atoms with Crippen LogP contribution in [0.15, 0.2) is 23.2 Å². The van der Waals surface area contributed by atoms with Gasteiger partial charge in [-0.1, -0.05) is 0 Å². The third-order valence-electron chi connectivity index (χ3n) is 3.95. The summed E-state index contributed by atoms with van der Waals surface area (Å²) in [6, 6.07) is 2.10. The summed E-state index contributed by atoms with van der Waals surface area (Å²) in [6.07, 6.45) is -3.32. The van der Waals surface area contributed by atoms with Gasteiger partial charge in [-0.05, 0) is 46.8 Å². The fraction of sp³-hybridized carbons (Fsp3) is 0.529. The van der Waals surface area contributed by atoms with Crippen molar-refractivity contribution in [3.63, 3.8) is 0 Å². The van der Waals surface area contributed by atoms with Crippen molar-refractivity contribution in [3.05, 3.63) is 35.3 Å². The van der Waals surface area contributed by atoms with Gasteiger partial charge in [0.1, 0.15) is 10.7 Å². The zero-order chi connectivity index (χ0) is 21.3. The fourth-order valence-corrected chi connectivity index (χ4v) is 4.30. The number of nitrogens with zero attached hydrogens (tertiary/aromatic N) is 3. The zero-order valence-corrected chi connectivity index (χ0v) is 17.2. The van der Waals surface area contributed by atoms with Crippen molar-refractivity contribution in [2.45, 2.75) is 51.2 Å². The monoisotopic (exact) mass is 419 g/mol. The average Bonchev–Trinajstić information content (AvgIpc) is 2.86. The molecule has 28 heavy (non-hydrogen) atoms. The summed E-state index contributed by atoms with van der Waals surface area (Å²) in [4.78, 5) is 3.75. The van der Waals surface area contributed by atoms with Crippen molar-refractivity contribution >= 4 is 15.8 Å². The molecule has 0 aromatic carbocycles. The summed E-state index contributed by atoms with van der Waals surface area (Å²) < 4.78 is 68.2. The highest BCUT2D eigenvalue weighted by Gasteiger charge is 2.34. The van der Waals surface area contributed by atoms with Gasteiger partial charge in [-0.3, -0.25) is 4.68 Å². The minimum atomic E-state index is -4.55. The Hall–Kier alpha value is -2.14. The SMILES string of the molecule is Cc1nn(C(C)(C)C)c(C)c1S(=O)(=O)NCCNc1ncccc1C(F)(F)F.